The van der Waals surface area contributed by atoms with Gasteiger partial charge in [-0.15, -0.1) is 12.4 Å². The molecule has 0 aromatic heterocycles. The van der Waals surface area contributed by atoms with Crippen molar-refractivity contribution in [3.05, 3.63) is 27.7 Å². The molecule has 0 radical (unpaired) electrons. The molecule has 0 aliphatic carbocycles. The van der Waals surface area contributed by atoms with E-state index in [0.29, 0.717) is 16.9 Å². The number of hydrogen-bond acceptors (Lipinski definition) is 3. The van der Waals surface area contributed by atoms with Crippen LogP contribution in [0.1, 0.15) is 19.3 Å². The zero-order chi connectivity index (χ0) is 14.6. The first kappa shape index (κ1) is 19.2. The molecule has 0 spiro atoms. The van der Waals surface area contributed by atoms with Crippen LogP contribution in [0.25, 0.3) is 0 Å². The topological polar surface area (TPSA) is 58.2 Å². The molecule has 1 atom stereocenters. The molecule has 2 rings (SSSR count). The molecule has 21 heavy (non-hydrogen) atoms. The van der Waals surface area contributed by atoms with E-state index in [2.05, 4.69) is 26.0 Å². The number of hydrogen-bond donors (Lipinski definition) is 2. The van der Waals surface area contributed by atoms with Crippen molar-refractivity contribution < 1.29 is 8.42 Å². The van der Waals surface area contributed by atoms with Crippen LogP contribution in [0.3, 0.4) is 0 Å². The summed E-state index contributed by atoms with van der Waals surface area (Å²) in [5, 5.41) is 3.55. The molecule has 1 saturated heterocycles. The van der Waals surface area contributed by atoms with E-state index in [1.807, 2.05) is 0 Å². The average molecular weight is 418 g/mol. The minimum Gasteiger partial charge on any atom is -0.316 e. The maximum Gasteiger partial charge on any atom is 0.243 e. The third-order valence-electron chi connectivity index (χ3n) is 3.43. The quantitative estimate of drug-likeness (QED) is 0.773. The normalized spacial score (nSPS) is 19.0. The fourth-order valence-electron chi connectivity index (χ4n) is 2.38. The fourth-order valence-corrected chi connectivity index (χ4v) is 5.16. The van der Waals surface area contributed by atoms with Crippen LogP contribution in [-0.2, 0) is 10.0 Å². The predicted molar refractivity (Wildman–Crippen MR) is 91.8 cm³/mol. The van der Waals surface area contributed by atoms with Gasteiger partial charge in [-0.05, 0) is 66.3 Å². The smallest absolute Gasteiger partial charge is 0.243 e. The van der Waals surface area contributed by atoms with E-state index in [1.165, 1.54) is 0 Å². The zero-order valence-electron chi connectivity index (χ0n) is 11.4. The highest BCUT2D eigenvalue weighted by Crippen LogP contribution is 2.29. The van der Waals surface area contributed by atoms with Crippen LogP contribution in [0, 0.1) is 5.92 Å². The molecule has 1 fully saturated rings. The van der Waals surface area contributed by atoms with Crippen molar-refractivity contribution in [3.63, 3.8) is 0 Å². The highest BCUT2D eigenvalue weighted by atomic mass is 79.9. The van der Waals surface area contributed by atoms with Crippen molar-refractivity contribution in [3.8, 4) is 0 Å². The van der Waals surface area contributed by atoms with E-state index in [4.69, 9.17) is 11.6 Å². The maximum absolute atomic E-state index is 12.3. The number of benzene rings is 1. The Balaban J connectivity index is 0.00000220. The average Bonchev–Trinajstić information content (AvgIpc) is 2.39. The number of rotatable bonds is 5. The summed E-state index contributed by atoms with van der Waals surface area (Å²) in [5.41, 5.74) is 0. The third-order valence-corrected chi connectivity index (χ3v) is 6.34. The molecule has 2 N–H and O–H groups in total. The Hall–Kier alpha value is 0.150. The van der Waals surface area contributed by atoms with Crippen LogP contribution in [0.5, 0.6) is 0 Å². The Kier molecular flexibility index (Phi) is 7.95. The van der Waals surface area contributed by atoms with Crippen LogP contribution in [0.4, 0.5) is 0 Å². The van der Waals surface area contributed by atoms with Crippen molar-refractivity contribution in [1.82, 2.24) is 10.0 Å². The zero-order valence-corrected chi connectivity index (χ0v) is 15.4. The first-order chi connectivity index (χ1) is 9.50. The molecule has 1 aromatic rings. The van der Waals surface area contributed by atoms with Gasteiger partial charge in [0, 0.05) is 11.0 Å². The molecule has 1 unspecified atom stereocenters. The van der Waals surface area contributed by atoms with Crippen molar-refractivity contribution in [2.75, 3.05) is 19.6 Å². The summed E-state index contributed by atoms with van der Waals surface area (Å²) < 4.78 is 27.7. The summed E-state index contributed by atoms with van der Waals surface area (Å²) in [6, 6.07) is 4.95. The van der Waals surface area contributed by atoms with Crippen molar-refractivity contribution in [1.29, 1.82) is 0 Å². The van der Waals surface area contributed by atoms with E-state index in [0.717, 1.165) is 32.4 Å². The molecule has 120 valence electrons. The van der Waals surface area contributed by atoms with E-state index < -0.39 is 10.0 Å². The largest absolute Gasteiger partial charge is 0.316 e. The minimum absolute atomic E-state index is 0. The Morgan fingerprint density at radius 2 is 2.19 bits per heavy atom. The summed E-state index contributed by atoms with van der Waals surface area (Å²) in [4.78, 5) is 0.114. The Labute approximate surface area is 145 Å². The number of halogens is 3. The van der Waals surface area contributed by atoms with Crippen LogP contribution in [-0.4, -0.2) is 28.1 Å². The van der Waals surface area contributed by atoms with E-state index in [1.54, 1.807) is 18.2 Å². The molecule has 1 aliphatic heterocycles. The van der Waals surface area contributed by atoms with Gasteiger partial charge in [0.15, 0.2) is 0 Å². The lowest BCUT2D eigenvalue weighted by Crippen LogP contribution is -2.33. The maximum atomic E-state index is 12.3. The highest BCUT2D eigenvalue weighted by Gasteiger charge is 2.21. The lowest BCUT2D eigenvalue weighted by atomic mass is 9.96. The second-order valence-corrected chi connectivity index (χ2v) is 7.91. The van der Waals surface area contributed by atoms with Gasteiger partial charge in [0.2, 0.25) is 10.0 Å². The van der Waals surface area contributed by atoms with Crippen LogP contribution in [0.15, 0.2) is 27.6 Å². The van der Waals surface area contributed by atoms with E-state index in [9.17, 15) is 8.42 Å². The summed E-state index contributed by atoms with van der Waals surface area (Å²) in [5.74, 6) is 0.543. The predicted octanol–water partition coefficient (Wildman–Crippen LogP) is 3.19. The molecule has 0 amide bonds. The second kappa shape index (κ2) is 8.70. The molecule has 0 saturated carbocycles. The van der Waals surface area contributed by atoms with Gasteiger partial charge in [-0.3, -0.25) is 0 Å². The van der Waals surface area contributed by atoms with Crippen molar-refractivity contribution >= 4 is 50.0 Å². The Morgan fingerprint density at radius 1 is 1.43 bits per heavy atom. The fraction of sp³-hybridized carbons (Fsp3) is 0.538. The minimum atomic E-state index is -3.57. The molecular formula is C13H19BrCl2N2O2S. The van der Waals surface area contributed by atoms with Gasteiger partial charge in [0.25, 0.3) is 0 Å². The number of sulfonamides is 1. The SMILES string of the molecule is Cl.O=S(=O)(NCCC1CCCNC1)c1c(Cl)cccc1Br. The standard InChI is InChI=1S/C13H18BrClN2O2S.ClH/c14-11-4-1-5-12(15)13(11)20(18,19)17-8-6-10-3-2-7-16-9-10;/h1,4-5,10,16-17H,2-3,6-9H2;1H. The third kappa shape index (κ3) is 5.37. The van der Waals surface area contributed by atoms with Gasteiger partial charge in [-0.1, -0.05) is 17.7 Å². The molecule has 0 bridgehead atoms. The van der Waals surface area contributed by atoms with Gasteiger partial charge >= 0.3 is 0 Å². The van der Waals surface area contributed by atoms with Crippen LogP contribution >= 0.6 is 39.9 Å². The van der Waals surface area contributed by atoms with Gasteiger partial charge < -0.3 is 5.32 Å². The molecule has 4 nitrogen and oxygen atoms in total. The van der Waals surface area contributed by atoms with Gasteiger partial charge in [0.1, 0.15) is 4.90 Å². The van der Waals surface area contributed by atoms with Crippen LogP contribution in [0.2, 0.25) is 5.02 Å². The van der Waals surface area contributed by atoms with Gasteiger partial charge in [0.05, 0.1) is 5.02 Å². The van der Waals surface area contributed by atoms with Crippen LogP contribution < -0.4 is 10.0 Å². The molecule has 1 heterocycles. The lowest BCUT2D eigenvalue weighted by Gasteiger charge is -2.22. The van der Waals surface area contributed by atoms with E-state index in [-0.39, 0.29) is 22.3 Å². The number of nitrogens with one attached hydrogen (secondary N) is 2. The summed E-state index contributed by atoms with van der Waals surface area (Å²) >= 11 is 9.22. The van der Waals surface area contributed by atoms with Gasteiger partial charge in [-0.2, -0.15) is 0 Å². The highest BCUT2D eigenvalue weighted by molar-refractivity contribution is 9.10. The van der Waals surface area contributed by atoms with Crippen molar-refractivity contribution in [2.45, 2.75) is 24.2 Å². The lowest BCUT2D eigenvalue weighted by molar-refractivity contribution is 0.358. The molecule has 1 aliphatic rings. The Bertz CT molecular complexity index is 543. The first-order valence-electron chi connectivity index (χ1n) is 6.65. The van der Waals surface area contributed by atoms with E-state index >= 15 is 0 Å². The first-order valence-corrected chi connectivity index (χ1v) is 9.30. The summed E-state index contributed by atoms with van der Waals surface area (Å²) in [6.45, 7) is 2.47. The monoisotopic (exact) mass is 416 g/mol. The Morgan fingerprint density at radius 3 is 2.81 bits per heavy atom. The molecule has 8 heteroatoms. The molecule has 1 aromatic carbocycles. The number of piperidine rings is 1. The summed E-state index contributed by atoms with van der Waals surface area (Å²) in [6.07, 6.45) is 3.16. The summed E-state index contributed by atoms with van der Waals surface area (Å²) in [7, 11) is -3.57. The van der Waals surface area contributed by atoms with Gasteiger partial charge in [-0.25, -0.2) is 13.1 Å². The van der Waals surface area contributed by atoms with Crippen molar-refractivity contribution in [2.24, 2.45) is 5.92 Å². The second-order valence-electron chi connectivity index (χ2n) is 4.95. The molecular weight excluding hydrogens is 399 g/mol.